The molecular weight excluding hydrogens is 212 g/mol. The van der Waals surface area contributed by atoms with Crippen LogP contribution in [0.2, 0.25) is 0 Å². The monoisotopic (exact) mass is 234 g/mol. The van der Waals surface area contributed by atoms with Crippen LogP contribution in [0.4, 0.5) is 0 Å². The summed E-state index contributed by atoms with van der Waals surface area (Å²) in [7, 11) is 0. The summed E-state index contributed by atoms with van der Waals surface area (Å²) in [5.41, 5.74) is 1.37. The molecule has 0 bridgehead atoms. The summed E-state index contributed by atoms with van der Waals surface area (Å²) in [6, 6.07) is 10.5. The molecule has 0 spiro atoms. The van der Waals surface area contributed by atoms with Gasteiger partial charge in [-0.2, -0.15) is 0 Å². The van der Waals surface area contributed by atoms with Crippen molar-refractivity contribution in [2.45, 2.75) is 18.9 Å². The fraction of sp³-hybridized carbons (Fsp3) is 0.571. The van der Waals surface area contributed by atoms with Crippen molar-refractivity contribution in [3.8, 4) is 0 Å². The second-order valence-electron chi connectivity index (χ2n) is 4.96. The van der Waals surface area contributed by atoms with E-state index in [4.69, 9.17) is 0 Å². The molecule has 1 aromatic rings. The number of aliphatic hydroxyl groups excluding tert-OH is 1. The molecule has 0 aliphatic carbocycles. The molecule has 3 unspecified atom stereocenters. The number of β-amino-alcohol motifs (C(OH)–C–C–N with tert-alkyl or cyclic N) is 1. The summed E-state index contributed by atoms with van der Waals surface area (Å²) in [4.78, 5) is 0. The summed E-state index contributed by atoms with van der Waals surface area (Å²) in [5, 5.41) is 16.3. The van der Waals surface area contributed by atoms with Crippen molar-refractivity contribution >= 4 is 0 Å². The molecule has 94 valence electrons. The molecule has 1 saturated heterocycles. The Morgan fingerprint density at radius 2 is 2.12 bits per heavy atom. The van der Waals surface area contributed by atoms with Crippen LogP contribution in [0.15, 0.2) is 30.3 Å². The molecule has 0 amide bonds. The van der Waals surface area contributed by atoms with Crippen molar-refractivity contribution in [3.63, 3.8) is 0 Å². The van der Waals surface area contributed by atoms with Crippen LogP contribution >= 0.6 is 0 Å². The highest BCUT2D eigenvalue weighted by Gasteiger charge is 2.24. The van der Waals surface area contributed by atoms with Gasteiger partial charge in [0, 0.05) is 32.1 Å². The zero-order chi connectivity index (χ0) is 12.1. The fourth-order valence-electron chi connectivity index (χ4n) is 2.31. The zero-order valence-electron chi connectivity index (χ0n) is 10.4. The molecule has 1 aliphatic rings. The average molecular weight is 234 g/mol. The predicted molar refractivity (Wildman–Crippen MR) is 70.1 cm³/mol. The first-order valence-corrected chi connectivity index (χ1v) is 6.42. The molecular formula is C14H22N2O. The van der Waals surface area contributed by atoms with Crippen LogP contribution in [-0.2, 0) is 0 Å². The topological polar surface area (TPSA) is 44.3 Å². The highest BCUT2D eigenvalue weighted by molar-refractivity contribution is 5.18. The minimum Gasteiger partial charge on any atom is -0.391 e. The molecule has 3 nitrogen and oxygen atoms in total. The van der Waals surface area contributed by atoms with E-state index in [0.29, 0.717) is 11.8 Å². The number of nitrogens with one attached hydrogen (secondary N) is 2. The summed E-state index contributed by atoms with van der Waals surface area (Å²) in [5.74, 6) is 0.876. The van der Waals surface area contributed by atoms with Gasteiger partial charge in [-0.3, -0.25) is 0 Å². The van der Waals surface area contributed by atoms with Gasteiger partial charge >= 0.3 is 0 Å². The lowest BCUT2D eigenvalue weighted by molar-refractivity contribution is 0.146. The minimum absolute atomic E-state index is 0.186. The predicted octanol–water partition coefficient (Wildman–Crippen LogP) is 0.960. The van der Waals surface area contributed by atoms with E-state index < -0.39 is 0 Å². The zero-order valence-corrected chi connectivity index (χ0v) is 10.4. The van der Waals surface area contributed by atoms with Crippen molar-refractivity contribution in [2.24, 2.45) is 5.92 Å². The molecule has 0 radical (unpaired) electrons. The summed E-state index contributed by atoms with van der Waals surface area (Å²) >= 11 is 0. The maximum Gasteiger partial charge on any atom is 0.0716 e. The van der Waals surface area contributed by atoms with Gasteiger partial charge in [0.1, 0.15) is 0 Å². The Labute approximate surface area is 103 Å². The highest BCUT2D eigenvalue weighted by Crippen LogP contribution is 2.13. The Morgan fingerprint density at radius 1 is 1.35 bits per heavy atom. The van der Waals surface area contributed by atoms with E-state index in [1.54, 1.807) is 0 Å². The third-order valence-electron chi connectivity index (χ3n) is 3.53. The Balaban J connectivity index is 1.71. The molecule has 3 N–H and O–H groups in total. The molecule has 1 aromatic carbocycles. The van der Waals surface area contributed by atoms with Crippen LogP contribution in [0.5, 0.6) is 0 Å². The average Bonchev–Trinajstić information content (AvgIpc) is 2.76. The lowest BCUT2D eigenvalue weighted by atomic mass is 10.0. The number of hydrogen-bond acceptors (Lipinski definition) is 3. The highest BCUT2D eigenvalue weighted by atomic mass is 16.3. The Morgan fingerprint density at radius 3 is 2.76 bits per heavy atom. The first kappa shape index (κ1) is 12.6. The minimum atomic E-state index is -0.186. The smallest absolute Gasteiger partial charge is 0.0716 e. The molecule has 17 heavy (non-hydrogen) atoms. The molecule has 0 aromatic heterocycles. The maximum atomic E-state index is 9.67. The summed E-state index contributed by atoms with van der Waals surface area (Å²) in [6.45, 7) is 5.75. The third kappa shape index (κ3) is 3.53. The number of aliphatic hydroxyl groups is 1. The second kappa shape index (κ2) is 6.15. The first-order valence-electron chi connectivity index (χ1n) is 6.42. The largest absolute Gasteiger partial charge is 0.391 e. The van der Waals surface area contributed by atoms with E-state index in [-0.39, 0.29) is 6.10 Å². The van der Waals surface area contributed by atoms with Gasteiger partial charge in [-0.1, -0.05) is 37.3 Å². The van der Waals surface area contributed by atoms with Gasteiger partial charge in [0.25, 0.3) is 0 Å². The van der Waals surface area contributed by atoms with Gasteiger partial charge in [-0.05, 0) is 11.5 Å². The van der Waals surface area contributed by atoms with Crippen LogP contribution in [0.3, 0.4) is 0 Å². The Hall–Kier alpha value is -0.900. The number of rotatable bonds is 5. The van der Waals surface area contributed by atoms with Crippen LogP contribution in [0.1, 0.15) is 18.4 Å². The van der Waals surface area contributed by atoms with Crippen LogP contribution in [-0.4, -0.2) is 37.4 Å². The van der Waals surface area contributed by atoms with E-state index in [1.165, 1.54) is 5.56 Å². The fourth-order valence-corrected chi connectivity index (χ4v) is 2.31. The van der Waals surface area contributed by atoms with Gasteiger partial charge in [0.15, 0.2) is 0 Å². The van der Waals surface area contributed by atoms with Crippen LogP contribution in [0.25, 0.3) is 0 Å². The third-order valence-corrected chi connectivity index (χ3v) is 3.53. The molecule has 2 rings (SSSR count). The summed E-state index contributed by atoms with van der Waals surface area (Å²) < 4.78 is 0. The van der Waals surface area contributed by atoms with Crippen molar-refractivity contribution in [1.29, 1.82) is 0 Å². The molecule has 1 aliphatic heterocycles. The maximum absolute atomic E-state index is 9.67. The second-order valence-corrected chi connectivity index (χ2v) is 4.96. The lowest BCUT2D eigenvalue weighted by Gasteiger charge is -2.17. The molecule has 3 heteroatoms. The van der Waals surface area contributed by atoms with Crippen molar-refractivity contribution < 1.29 is 5.11 Å². The SMILES string of the molecule is CC(CNCC1CNCC1O)c1ccccc1. The Kier molecular flexibility index (Phi) is 4.54. The quantitative estimate of drug-likeness (QED) is 0.711. The normalized spacial score (nSPS) is 26.0. The lowest BCUT2D eigenvalue weighted by Crippen LogP contribution is -2.32. The molecule has 0 saturated carbocycles. The van der Waals surface area contributed by atoms with Gasteiger partial charge in [-0.25, -0.2) is 0 Å². The van der Waals surface area contributed by atoms with E-state index >= 15 is 0 Å². The van der Waals surface area contributed by atoms with E-state index in [9.17, 15) is 5.11 Å². The van der Waals surface area contributed by atoms with Crippen molar-refractivity contribution in [2.75, 3.05) is 26.2 Å². The van der Waals surface area contributed by atoms with E-state index in [2.05, 4.69) is 41.8 Å². The van der Waals surface area contributed by atoms with Crippen LogP contribution in [0, 0.1) is 5.92 Å². The van der Waals surface area contributed by atoms with E-state index in [1.807, 2.05) is 6.07 Å². The molecule has 1 fully saturated rings. The van der Waals surface area contributed by atoms with Crippen molar-refractivity contribution in [3.05, 3.63) is 35.9 Å². The number of hydrogen-bond donors (Lipinski definition) is 3. The van der Waals surface area contributed by atoms with Crippen LogP contribution < -0.4 is 10.6 Å². The molecule has 3 atom stereocenters. The van der Waals surface area contributed by atoms with Crippen molar-refractivity contribution in [1.82, 2.24) is 10.6 Å². The standard InChI is InChI=1S/C14H22N2O/c1-11(12-5-3-2-4-6-12)7-15-8-13-9-16-10-14(13)17/h2-6,11,13-17H,7-10H2,1H3. The first-order chi connectivity index (χ1) is 8.27. The van der Waals surface area contributed by atoms with Gasteiger partial charge in [0.05, 0.1) is 6.10 Å². The van der Waals surface area contributed by atoms with E-state index in [0.717, 1.165) is 26.2 Å². The van der Waals surface area contributed by atoms with Gasteiger partial charge in [0.2, 0.25) is 0 Å². The van der Waals surface area contributed by atoms with Gasteiger partial charge < -0.3 is 15.7 Å². The Bertz CT molecular complexity index is 328. The van der Waals surface area contributed by atoms with Gasteiger partial charge in [-0.15, -0.1) is 0 Å². The summed E-state index contributed by atoms with van der Waals surface area (Å²) in [6.07, 6.45) is -0.186. The molecule has 1 heterocycles. The number of benzene rings is 1.